The van der Waals surface area contributed by atoms with E-state index in [0.29, 0.717) is 39.0 Å². The molecule has 0 atom stereocenters. The zero-order valence-electron chi connectivity index (χ0n) is 13.8. The predicted molar refractivity (Wildman–Crippen MR) is 104 cm³/mol. The molecule has 1 aliphatic carbocycles. The average Bonchev–Trinajstić information content (AvgIpc) is 3.47. The van der Waals surface area contributed by atoms with E-state index in [-0.39, 0.29) is 11.5 Å². The monoisotopic (exact) mass is 386 g/mol. The van der Waals surface area contributed by atoms with Crippen LogP contribution in [0, 0.1) is 0 Å². The summed E-state index contributed by atoms with van der Waals surface area (Å²) < 4.78 is 1.76. The number of amides is 1. The maximum absolute atomic E-state index is 12.6. The number of nitrogens with one attached hydrogen (secondary N) is 1. The fourth-order valence-corrected chi connectivity index (χ4v) is 3.38. The lowest BCUT2D eigenvalue weighted by Gasteiger charge is -2.10. The first-order valence-corrected chi connectivity index (χ1v) is 9.16. The molecule has 1 amide bonds. The van der Waals surface area contributed by atoms with Crippen LogP contribution < -0.4 is 10.9 Å². The molecule has 1 aromatic heterocycles. The van der Waals surface area contributed by atoms with Gasteiger partial charge < -0.3 is 9.88 Å². The number of nitrogens with zero attached hydrogens (tertiary/aromatic N) is 1. The van der Waals surface area contributed by atoms with Crippen molar-refractivity contribution in [3.63, 3.8) is 0 Å². The van der Waals surface area contributed by atoms with Crippen LogP contribution in [0.3, 0.4) is 0 Å². The Balaban J connectivity index is 1.61. The molecule has 2 aromatic carbocycles. The number of rotatable bonds is 4. The van der Waals surface area contributed by atoms with Gasteiger partial charge in [0.15, 0.2) is 0 Å². The van der Waals surface area contributed by atoms with Crippen LogP contribution in [-0.4, -0.2) is 10.5 Å². The molecule has 0 spiro atoms. The van der Waals surface area contributed by atoms with Crippen LogP contribution in [0.4, 0.5) is 0 Å². The van der Waals surface area contributed by atoms with Crippen LogP contribution in [0.25, 0.3) is 10.8 Å². The third-order valence-electron chi connectivity index (χ3n) is 4.59. The van der Waals surface area contributed by atoms with Crippen molar-refractivity contribution in [2.45, 2.75) is 25.4 Å². The molecule has 4 nitrogen and oxygen atoms in total. The lowest BCUT2D eigenvalue weighted by Crippen LogP contribution is -2.24. The van der Waals surface area contributed by atoms with E-state index in [2.05, 4.69) is 5.32 Å². The van der Waals surface area contributed by atoms with Gasteiger partial charge in [-0.25, -0.2) is 0 Å². The van der Waals surface area contributed by atoms with Crippen LogP contribution in [0.15, 0.2) is 53.5 Å². The molecular weight excluding hydrogens is 371 g/mol. The van der Waals surface area contributed by atoms with E-state index in [9.17, 15) is 9.59 Å². The fourth-order valence-electron chi connectivity index (χ4n) is 3.06. The number of hydrogen-bond donors (Lipinski definition) is 1. The molecule has 1 N–H and O–H groups in total. The number of halogens is 2. The van der Waals surface area contributed by atoms with Gasteiger partial charge in [0.25, 0.3) is 11.5 Å². The molecule has 132 valence electrons. The summed E-state index contributed by atoms with van der Waals surface area (Å²) in [6, 6.07) is 12.6. The predicted octanol–water partition coefficient (Wildman–Crippen LogP) is 4.57. The Bertz CT molecular complexity index is 1070. The zero-order valence-corrected chi connectivity index (χ0v) is 15.3. The van der Waals surface area contributed by atoms with E-state index in [4.69, 9.17) is 23.2 Å². The summed E-state index contributed by atoms with van der Waals surface area (Å²) in [6.07, 6.45) is 3.86. The smallest absolute Gasteiger partial charge is 0.258 e. The average molecular weight is 387 g/mol. The number of fused-ring (bicyclic) bond motifs is 1. The topological polar surface area (TPSA) is 51.1 Å². The van der Waals surface area contributed by atoms with Gasteiger partial charge in [0.2, 0.25) is 0 Å². The summed E-state index contributed by atoms with van der Waals surface area (Å²) in [5.41, 5.74) is 1.30. The zero-order chi connectivity index (χ0) is 18.3. The van der Waals surface area contributed by atoms with E-state index in [1.54, 1.807) is 41.1 Å². The molecular formula is C20H16Cl2N2O2. The van der Waals surface area contributed by atoms with Crippen LogP contribution in [0.5, 0.6) is 0 Å². The summed E-state index contributed by atoms with van der Waals surface area (Å²) in [5.74, 6) is -0.231. The Labute approximate surface area is 160 Å². The Morgan fingerprint density at radius 3 is 2.62 bits per heavy atom. The molecule has 0 aliphatic heterocycles. The highest BCUT2D eigenvalue weighted by Gasteiger charge is 2.25. The highest BCUT2D eigenvalue weighted by molar-refractivity contribution is 6.42. The van der Waals surface area contributed by atoms with Gasteiger partial charge >= 0.3 is 0 Å². The number of benzene rings is 2. The highest BCUT2D eigenvalue weighted by Crippen LogP contribution is 2.33. The summed E-state index contributed by atoms with van der Waals surface area (Å²) in [5, 5.41) is 5.04. The number of pyridine rings is 1. The molecule has 6 heteroatoms. The molecule has 0 unspecified atom stereocenters. The summed E-state index contributed by atoms with van der Waals surface area (Å²) >= 11 is 11.9. The van der Waals surface area contributed by atoms with Crippen molar-refractivity contribution in [2.75, 3.05) is 0 Å². The molecule has 4 rings (SSSR count). The van der Waals surface area contributed by atoms with Gasteiger partial charge in [0.05, 0.1) is 10.0 Å². The van der Waals surface area contributed by atoms with E-state index in [0.717, 1.165) is 18.4 Å². The van der Waals surface area contributed by atoms with E-state index in [1.165, 1.54) is 0 Å². The highest BCUT2D eigenvalue weighted by atomic mass is 35.5. The Kier molecular flexibility index (Phi) is 4.47. The van der Waals surface area contributed by atoms with Crippen molar-refractivity contribution in [3.8, 4) is 0 Å². The molecule has 26 heavy (non-hydrogen) atoms. The van der Waals surface area contributed by atoms with Crippen molar-refractivity contribution in [3.05, 3.63) is 80.2 Å². The molecule has 1 saturated carbocycles. The minimum absolute atomic E-state index is 0.0378. The minimum Gasteiger partial charge on any atom is -0.348 e. The van der Waals surface area contributed by atoms with E-state index < -0.39 is 0 Å². The van der Waals surface area contributed by atoms with Gasteiger partial charge in [-0.1, -0.05) is 35.3 Å². The molecule has 0 saturated heterocycles. The van der Waals surface area contributed by atoms with Crippen molar-refractivity contribution in [2.24, 2.45) is 0 Å². The van der Waals surface area contributed by atoms with Gasteiger partial charge in [-0.15, -0.1) is 0 Å². The number of hydrogen-bond acceptors (Lipinski definition) is 2. The molecule has 1 fully saturated rings. The normalized spacial score (nSPS) is 13.8. The molecule has 1 aliphatic rings. The van der Waals surface area contributed by atoms with Crippen LogP contribution in [-0.2, 0) is 6.54 Å². The Hall–Kier alpha value is -2.30. The first-order chi connectivity index (χ1) is 12.5. The minimum atomic E-state index is -0.231. The van der Waals surface area contributed by atoms with Gasteiger partial charge in [-0.2, -0.15) is 0 Å². The summed E-state index contributed by atoms with van der Waals surface area (Å²) in [7, 11) is 0. The largest absolute Gasteiger partial charge is 0.348 e. The van der Waals surface area contributed by atoms with Crippen molar-refractivity contribution in [1.29, 1.82) is 0 Å². The second-order valence-electron chi connectivity index (χ2n) is 6.46. The molecule has 1 heterocycles. The van der Waals surface area contributed by atoms with Gasteiger partial charge in [0.1, 0.15) is 0 Å². The van der Waals surface area contributed by atoms with Crippen LogP contribution >= 0.6 is 23.2 Å². The third-order valence-corrected chi connectivity index (χ3v) is 5.33. The summed E-state index contributed by atoms with van der Waals surface area (Å²) in [4.78, 5) is 25.3. The number of carbonyl (C=O) groups is 1. The first kappa shape index (κ1) is 17.1. The third kappa shape index (κ3) is 3.22. The maximum atomic E-state index is 12.6. The van der Waals surface area contributed by atoms with Crippen LogP contribution in [0.1, 0.15) is 34.8 Å². The maximum Gasteiger partial charge on any atom is 0.258 e. The standard InChI is InChI=1S/C20H16Cl2N2O2/c21-17-7-4-12(10-18(17)22)11-23-19(25)15-2-1-3-16-14(15)8-9-24(20(16)26)13-5-6-13/h1-4,7-10,13H,5-6,11H2,(H,23,25). The Morgan fingerprint density at radius 2 is 1.88 bits per heavy atom. The Morgan fingerprint density at radius 1 is 1.08 bits per heavy atom. The van der Waals surface area contributed by atoms with Gasteiger partial charge in [0, 0.05) is 35.1 Å². The number of aromatic nitrogens is 1. The van der Waals surface area contributed by atoms with Crippen molar-refractivity contribution < 1.29 is 4.79 Å². The molecule has 0 bridgehead atoms. The quantitative estimate of drug-likeness (QED) is 0.713. The van der Waals surface area contributed by atoms with Crippen molar-refractivity contribution >= 4 is 39.9 Å². The van der Waals surface area contributed by atoms with Crippen molar-refractivity contribution in [1.82, 2.24) is 9.88 Å². The SMILES string of the molecule is O=C(NCc1ccc(Cl)c(Cl)c1)c1cccc2c(=O)n(C3CC3)ccc12. The van der Waals surface area contributed by atoms with Crippen LogP contribution in [0.2, 0.25) is 10.0 Å². The van der Waals surface area contributed by atoms with E-state index in [1.807, 2.05) is 12.1 Å². The number of carbonyl (C=O) groups excluding carboxylic acids is 1. The fraction of sp³-hybridized carbons (Fsp3) is 0.200. The van der Waals surface area contributed by atoms with Gasteiger partial charge in [-0.3, -0.25) is 9.59 Å². The lowest BCUT2D eigenvalue weighted by molar-refractivity contribution is 0.0952. The summed E-state index contributed by atoms with van der Waals surface area (Å²) in [6.45, 7) is 0.325. The molecule has 0 radical (unpaired) electrons. The second kappa shape index (κ2) is 6.78. The van der Waals surface area contributed by atoms with E-state index >= 15 is 0 Å². The lowest BCUT2D eigenvalue weighted by atomic mass is 10.1. The first-order valence-electron chi connectivity index (χ1n) is 8.40. The second-order valence-corrected chi connectivity index (χ2v) is 7.27. The van der Waals surface area contributed by atoms with Gasteiger partial charge in [-0.05, 0) is 48.7 Å². The molecule has 3 aromatic rings.